The summed E-state index contributed by atoms with van der Waals surface area (Å²) in [6, 6.07) is 122. The van der Waals surface area contributed by atoms with Gasteiger partial charge in [-0.1, -0.05) is 315 Å². The highest BCUT2D eigenvalue weighted by atomic mass is 14.8. The molecule has 0 saturated heterocycles. The van der Waals surface area contributed by atoms with Gasteiger partial charge in [0.15, 0.2) is 0 Å². The molecule has 0 amide bonds. The van der Waals surface area contributed by atoms with E-state index in [1.54, 1.807) is 0 Å². The summed E-state index contributed by atoms with van der Waals surface area (Å²) in [7, 11) is 0. The van der Waals surface area contributed by atoms with Gasteiger partial charge in [0.2, 0.25) is 0 Å². The third kappa shape index (κ3) is 6.93. The molecule has 0 atom stereocenters. The maximum atomic E-state index is 5.99. The Morgan fingerprint density at radius 2 is 0.424 bits per heavy atom. The molecule has 92 heavy (non-hydrogen) atoms. The molecule has 1 heterocycles. The van der Waals surface area contributed by atoms with E-state index in [1.165, 1.54) is 122 Å². The average Bonchev–Trinajstić information content (AvgIpc) is 1.52. The highest BCUT2D eigenvalue weighted by molar-refractivity contribution is 6.11. The lowest BCUT2D eigenvalue weighted by atomic mass is 9.70. The highest BCUT2D eigenvalue weighted by Crippen LogP contribution is 2.65. The van der Waals surface area contributed by atoms with Crippen LogP contribution < -0.4 is 0 Å². The van der Waals surface area contributed by atoms with Crippen molar-refractivity contribution in [2.45, 2.75) is 10.8 Å². The van der Waals surface area contributed by atoms with E-state index in [9.17, 15) is 0 Å². The van der Waals surface area contributed by atoms with E-state index in [4.69, 9.17) is 9.97 Å². The van der Waals surface area contributed by atoms with E-state index < -0.39 is 10.8 Å². The normalized spacial score (nSPS) is 13.6. The summed E-state index contributed by atoms with van der Waals surface area (Å²) in [6.45, 7) is 0. The topological polar surface area (TPSA) is 25.8 Å². The minimum atomic E-state index is -0.435. The number of fused-ring (bicyclic) bond motifs is 23. The third-order valence-electron chi connectivity index (χ3n) is 21.0. The second-order valence-electron chi connectivity index (χ2n) is 25.3. The molecule has 20 rings (SSSR count). The van der Waals surface area contributed by atoms with Crippen molar-refractivity contribution in [3.05, 3.63) is 372 Å². The predicted octanol–water partition coefficient (Wildman–Crippen LogP) is 22.6. The van der Waals surface area contributed by atoms with Crippen LogP contribution in [0.4, 0.5) is 0 Å². The molecule has 0 bridgehead atoms. The Labute approximate surface area is 533 Å². The molecule has 1 aromatic heterocycles. The molecule has 2 spiro atoms. The fraction of sp³-hybridized carbons (Fsp3) is 0.0222. The van der Waals surface area contributed by atoms with E-state index in [-0.39, 0.29) is 0 Å². The molecule has 424 valence electrons. The van der Waals surface area contributed by atoms with Gasteiger partial charge >= 0.3 is 0 Å². The molecule has 4 aliphatic carbocycles. The van der Waals surface area contributed by atoms with E-state index in [2.05, 4.69) is 328 Å². The Balaban J connectivity index is 0.775. The number of nitrogens with zero attached hydrogens (tertiary/aromatic N) is 2. The zero-order valence-corrected chi connectivity index (χ0v) is 50.1. The SMILES string of the molecule is c1ccc2c(c1)-c1ccccc1C21c2ccccc2-c2ccc(-c3ccc(-c4nc5c(-c6cccc7ccccc67)ccc(-c6cccc7ccccc67)c5nc4-c4ccc(-c5ccc6c(c5)C5(c7ccccc7-c7ccccc75)c5ccccc5-6)cc4)cc3)cc21. The largest absolute Gasteiger partial charge is 0.243 e. The van der Waals surface area contributed by atoms with Crippen LogP contribution in [0.3, 0.4) is 0 Å². The summed E-state index contributed by atoms with van der Waals surface area (Å²) in [6.07, 6.45) is 0. The Kier molecular flexibility index (Phi) is 10.7. The Bertz CT molecular complexity index is 5330. The number of hydrogen-bond donors (Lipinski definition) is 0. The van der Waals surface area contributed by atoms with Crippen LogP contribution in [0.25, 0.3) is 144 Å². The van der Waals surface area contributed by atoms with Crippen LogP contribution in [0.2, 0.25) is 0 Å². The van der Waals surface area contributed by atoms with Crippen molar-refractivity contribution in [1.29, 1.82) is 0 Å². The van der Waals surface area contributed by atoms with Gasteiger partial charge < -0.3 is 0 Å². The molecular formula is C90H54N2. The van der Waals surface area contributed by atoms with Crippen molar-refractivity contribution in [3.63, 3.8) is 0 Å². The summed E-state index contributed by atoms with van der Waals surface area (Å²) in [5.74, 6) is 0. The molecule has 0 N–H and O–H groups in total. The van der Waals surface area contributed by atoms with Crippen LogP contribution in [0.1, 0.15) is 44.5 Å². The molecule has 16 aromatic rings. The summed E-state index contributed by atoms with van der Waals surface area (Å²) in [5, 5.41) is 4.71. The number of hydrogen-bond acceptors (Lipinski definition) is 2. The zero-order valence-electron chi connectivity index (χ0n) is 50.1. The lowest BCUT2D eigenvalue weighted by Crippen LogP contribution is -2.25. The van der Waals surface area contributed by atoms with E-state index in [1.807, 2.05) is 0 Å². The maximum Gasteiger partial charge on any atom is 0.0979 e. The first-order chi connectivity index (χ1) is 45.6. The molecule has 0 fully saturated rings. The highest BCUT2D eigenvalue weighted by Gasteiger charge is 2.53. The summed E-state index contributed by atoms with van der Waals surface area (Å²) in [4.78, 5) is 12.0. The summed E-state index contributed by atoms with van der Waals surface area (Å²) < 4.78 is 0. The summed E-state index contributed by atoms with van der Waals surface area (Å²) >= 11 is 0. The van der Waals surface area contributed by atoms with Crippen molar-refractivity contribution in [3.8, 4) is 112 Å². The minimum Gasteiger partial charge on any atom is -0.243 e. The quantitative estimate of drug-likeness (QED) is 0.166. The Morgan fingerprint density at radius 1 is 0.174 bits per heavy atom. The molecular weight excluding hydrogens is 1110 g/mol. The second kappa shape index (κ2) is 19.3. The van der Waals surface area contributed by atoms with Gasteiger partial charge in [0, 0.05) is 22.3 Å². The molecule has 0 radical (unpaired) electrons. The van der Waals surface area contributed by atoms with Gasteiger partial charge in [0.1, 0.15) is 0 Å². The lowest BCUT2D eigenvalue weighted by molar-refractivity contribution is 0.794. The van der Waals surface area contributed by atoms with E-state index in [0.29, 0.717) is 0 Å². The van der Waals surface area contributed by atoms with Crippen LogP contribution in [0.5, 0.6) is 0 Å². The Morgan fingerprint density at radius 3 is 0.772 bits per heavy atom. The van der Waals surface area contributed by atoms with Crippen molar-refractivity contribution in [1.82, 2.24) is 9.97 Å². The van der Waals surface area contributed by atoms with Gasteiger partial charge in [0.05, 0.1) is 33.3 Å². The molecule has 4 aliphatic rings. The maximum absolute atomic E-state index is 5.99. The van der Waals surface area contributed by atoms with Gasteiger partial charge in [-0.15, -0.1) is 0 Å². The first kappa shape index (κ1) is 51.1. The molecule has 2 heteroatoms. The van der Waals surface area contributed by atoms with Gasteiger partial charge in [-0.25, -0.2) is 9.97 Å². The molecule has 15 aromatic carbocycles. The fourth-order valence-corrected chi connectivity index (χ4v) is 17.1. The van der Waals surface area contributed by atoms with Gasteiger partial charge in [-0.05, 0) is 156 Å². The van der Waals surface area contributed by atoms with Crippen LogP contribution in [-0.4, -0.2) is 9.97 Å². The zero-order chi connectivity index (χ0) is 60.2. The fourth-order valence-electron chi connectivity index (χ4n) is 17.1. The monoisotopic (exact) mass is 1160 g/mol. The number of aromatic nitrogens is 2. The van der Waals surface area contributed by atoms with Gasteiger partial charge in [-0.2, -0.15) is 0 Å². The second-order valence-corrected chi connectivity index (χ2v) is 25.3. The molecule has 0 saturated carbocycles. The van der Waals surface area contributed by atoms with E-state index >= 15 is 0 Å². The predicted molar refractivity (Wildman–Crippen MR) is 380 cm³/mol. The minimum absolute atomic E-state index is 0.435. The van der Waals surface area contributed by atoms with Gasteiger partial charge in [-0.3, -0.25) is 0 Å². The number of benzene rings is 15. The molecule has 0 unspecified atom stereocenters. The van der Waals surface area contributed by atoms with Crippen LogP contribution in [0, 0.1) is 0 Å². The Hall–Kier alpha value is -11.8. The van der Waals surface area contributed by atoms with Crippen molar-refractivity contribution >= 4 is 32.6 Å². The van der Waals surface area contributed by atoms with E-state index in [0.717, 1.165) is 66.9 Å². The van der Waals surface area contributed by atoms with Gasteiger partial charge in [0.25, 0.3) is 0 Å². The molecule has 2 nitrogen and oxygen atoms in total. The summed E-state index contributed by atoms with van der Waals surface area (Å²) in [5.41, 5.74) is 34.5. The number of rotatable bonds is 6. The molecule has 0 aliphatic heterocycles. The smallest absolute Gasteiger partial charge is 0.0979 e. The van der Waals surface area contributed by atoms with Crippen LogP contribution >= 0.6 is 0 Å². The average molecular weight is 1160 g/mol. The third-order valence-corrected chi connectivity index (χ3v) is 21.0. The van der Waals surface area contributed by atoms with Crippen molar-refractivity contribution in [2.24, 2.45) is 0 Å². The van der Waals surface area contributed by atoms with Crippen LogP contribution in [0.15, 0.2) is 328 Å². The first-order valence-corrected chi connectivity index (χ1v) is 32.0. The standard InChI is InChI=1S/C90H54N2/c1-3-23-63-57(19-1)21-17-31-65(63)75-51-52-76(66-32-18-22-58-20-2-4-24-64(58)66)88-87(75)91-85(59-43-39-55(40-44-59)61-47-49-73-71-29-9-15-37-81(71)89(83(73)53-61)77-33-11-5-25-67(77)68-26-6-12-34-78(68)89)86(92-88)60-45-41-56(42-46-60)62-48-50-74-72-30-10-16-38-82(72)90(84(74)54-62)79-35-13-7-27-69(79)70-28-8-14-36-80(70)90/h1-54H. The van der Waals surface area contributed by atoms with Crippen LogP contribution in [-0.2, 0) is 10.8 Å². The van der Waals surface area contributed by atoms with Crippen molar-refractivity contribution < 1.29 is 0 Å². The first-order valence-electron chi connectivity index (χ1n) is 32.0. The van der Waals surface area contributed by atoms with Crippen molar-refractivity contribution in [2.75, 3.05) is 0 Å². The lowest BCUT2D eigenvalue weighted by Gasteiger charge is -2.30.